The maximum absolute atomic E-state index is 11.7. The van der Waals surface area contributed by atoms with Crippen LogP contribution in [-0.2, 0) is 10.8 Å². The van der Waals surface area contributed by atoms with E-state index in [0.29, 0.717) is 6.54 Å². The molecule has 4 heteroatoms. The molecule has 1 aliphatic heterocycles. The van der Waals surface area contributed by atoms with Crippen LogP contribution in [0.4, 0.5) is 0 Å². The number of aliphatic hydroxyl groups excluding tert-OH is 1. The van der Waals surface area contributed by atoms with Crippen molar-refractivity contribution in [2.75, 3.05) is 32.0 Å². The van der Waals surface area contributed by atoms with E-state index in [9.17, 15) is 4.21 Å². The largest absolute Gasteiger partial charge is 0.395 e. The van der Waals surface area contributed by atoms with Gasteiger partial charge in [0.05, 0.1) is 6.61 Å². The quantitative estimate of drug-likeness (QED) is 0.701. The summed E-state index contributed by atoms with van der Waals surface area (Å²) in [4.78, 5) is 2.19. The highest BCUT2D eigenvalue weighted by atomic mass is 32.2. The Labute approximate surface area is 82.6 Å². The highest BCUT2D eigenvalue weighted by Crippen LogP contribution is 2.21. The zero-order valence-electron chi connectivity index (χ0n) is 8.45. The molecular weight excluding hydrogens is 186 g/mol. The molecule has 1 unspecified atom stereocenters. The van der Waals surface area contributed by atoms with Crippen LogP contribution >= 0.6 is 0 Å². The van der Waals surface area contributed by atoms with Crippen molar-refractivity contribution in [1.29, 1.82) is 0 Å². The summed E-state index contributed by atoms with van der Waals surface area (Å²) in [5.41, 5.74) is 0. The van der Waals surface area contributed by atoms with E-state index in [1.807, 2.05) is 0 Å². The second-order valence-electron chi connectivity index (χ2n) is 4.12. The molecule has 0 radical (unpaired) electrons. The van der Waals surface area contributed by atoms with Gasteiger partial charge >= 0.3 is 0 Å². The zero-order valence-corrected chi connectivity index (χ0v) is 9.27. The molecule has 0 aliphatic carbocycles. The number of rotatable bonds is 2. The van der Waals surface area contributed by atoms with E-state index in [0.717, 1.165) is 25.3 Å². The monoisotopic (exact) mass is 205 g/mol. The van der Waals surface area contributed by atoms with Crippen LogP contribution in [0.5, 0.6) is 0 Å². The van der Waals surface area contributed by atoms with Gasteiger partial charge < -0.3 is 10.0 Å². The third-order valence-corrected chi connectivity index (χ3v) is 4.65. The van der Waals surface area contributed by atoms with Crippen LogP contribution in [0.3, 0.4) is 0 Å². The lowest BCUT2D eigenvalue weighted by Gasteiger charge is -2.21. The molecule has 0 aromatic heterocycles. The smallest absolute Gasteiger partial charge is 0.0558 e. The predicted molar refractivity (Wildman–Crippen MR) is 55.2 cm³/mol. The van der Waals surface area contributed by atoms with Gasteiger partial charge in [0, 0.05) is 34.4 Å². The molecule has 0 saturated carbocycles. The van der Waals surface area contributed by atoms with Gasteiger partial charge in [0.15, 0.2) is 0 Å². The van der Waals surface area contributed by atoms with E-state index >= 15 is 0 Å². The van der Waals surface area contributed by atoms with Gasteiger partial charge in [-0.05, 0) is 26.8 Å². The summed E-state index contributed by atoms with van der Waals surface area (Å²) in [6.45, 7) is 6.85. The molecular formula is C9H19NO2S. The standard InChI is InChI=1S/C9H19NO2S/c1-9(2)3-4-10(5-7-11)6-8-13(9)12/h11H,3-8H2,1-2H3. The molecule has 1 atom stereocenters. The lowest BCUT2D eigenvalue weighted by molar-refractivity contribution is 0.201. The number of hydrogen-bond acceptors (Lipinski definition) is 3. The van der Waals surface area contributed by atoms with Crippen molar-refractivity contribution in [1.82, 2.24) is 4.90 Å². The molecule has 1 fully saturated rings. The van der Waals surface area contributed by atoms with Gasteiger partial charge in [-0.3, -0.25) is 4.21 Å². The summed E-state index contributed by atoms with van der Waals surface area (Å²) in [5.74, 6) is 0.743. The molecule has 0 aromatic carbocycles. The summed E-state index contributed by atoms with van der Waals surface area (Å²) < 4.78 is 11.7. The number of aliphatic hydroxyl groups is 1. The topological polar surface area (TPSA) is 40.5 Å². The van der Waals surface area contributed by atoms with Crippen LogP contribution in [0, 0.1) is 0 Å². The van der Waals surface area contributed by atoms with Crippen molar-refractivity contribution in [3.8, 4) is 0 Å². The molecule has 78 valence electrons. The molecule has 1 N–H and O–H groups in total. The summed E-state index contributed by atoms with van der Waals surface area (Å²) in [6, 6.07) is 0. The van der Waals surface area contributed by atoms with Gasteiger partial charge in [-0.15, -0.1) is 0 Å². The molecule has 0 amide bonds. The fourth-order valence-corrected chi connectivity index (χ4v) is 2.80. The van der Waals surface area contributed by atoms with E-state index in [1.54, 1.807) is 0 Å². The van der Waals surface area contributed by atoms with Crippen LogP contribution < -0.4 is 0 Å². The van der Waals surface area contributed by atoms with Gasteiger partial charge in [0.1, 0.15) is 0 Å². The van der Waals surface area contributed by atoms with Crippen LogP contribution in [0.15, 0.2) is 0 Å². The molecule has 1 aliphatic rings. The fourth-order valence-electron chi connectivity index (χ4n) is 1.51. The summed E-state index contributed by atoms with van der Waals surface area (Å²) in [5, 5.41) is 8.79. The first-order chi connectivity index (χ1) is 6.06. The van der Waals surface area contributed by atoms with Crippen molar-refractivity contribution in [2.45, 2.75) is 25.0 Å². The minimum Gasteiger partial charge on any atom is -0.395 e. The van der Waals surface area contributed by atoms with Crippen molar-refractivity contribution in [3.63, 3.8) is 0 Å². The van der Waals surface area contributed by atoms with Gasteiger partial charge in [-0.2, -0.15) is 0 Å². The first kappa shape index (κ1) is 11.1. The maximum atomic E-state index is 11.7. The minimum absolute atomic E-state index is 0.0514. The fraction of sp³-hybridized carbons (Fsp3) is 1.00. The van der Waals surface area contributed by atoms with Crippen molar-refractivity contribution < 1.29 is 9.32 Å². The predicted octanol–water partition coefficient (Wildman–Crippen LogP) is 0.212. The molecule has 0 aromatic rings. The molecule has 1 heterocycles. The van der Waals surface area contributed by atoms with Crippen LogP contribution in [0.2, 0.25) is 0 Å². The number of β-amino-alcohol motifs (C(OH)–C–C–N with tert-alkyl or cyclic N) is 1. The van der Waals surface area contributed by atoms with Gasteiger partial charge in [-0.25, -0.2) is 0 Å². The number of hydrogen-bond donors (Lipinski definition) is 1. The van der Waals surface area contributed by atoms with Gasteiger partial charge in [-0.1, -0.05) is 0 Å². The van der Waals surface area contributed by atoms with Crippen molar-refractivity contribution in [2.24, 2.45) is 0 Å². The van der Waals surface area contributed by atoms with Gasteiger partial charge in [0.2, 0.25) is 0 Å². The lowest BCUT2D eigenvalue weighted by atomic mass is 10.1. The Bertz CT molecular complexity index is 194. The second kappa shape index (κ2) is 4.53. The molecule has 3 nitrogen and oxygen atoms in total. The zero-order chi connectivity index (χ0) is 9.90. The van der Waals surface area contributed by atoms with Crippen LogP contribution in [0.25, 0.3) is 0 Å². The van der Waals surface area contributed by atoms with E-state index < -0.39 is 10.8 Å². The molecule has 1 rings (SSSR count). The van der Waals surface area contributed by atoms with Crippen molar-refractivity contribution in [3.05, 3.63) is 0 Å². The normalized spacial score (nSPS) is 29.9. The number of nitrogens with zero attached hydrogens (tertiary/aromatic N) is 1. The van der Waals surface area contributed by atoms with E-state index in [-0.39, 0.29) is 11.4 Å². The maximum Gasteiger partial charge on any atom is 0.0558 e. The third kappa shape index (κ3) is 3.04. The van der Waals surface area contributed by atoms with Crippen LogP contribution in [-0.4, -0.2) is 51.0 Å². The molecule has 0 bridgehead atoms. The Morgan fingerprint density at radius 3 is 2.77 bits per heavy atom. The third-order valence-electron chi connectivity index (χ3n) is 2.66. The van der Waals surface area contributed by atoms with E-state index in [1.165, 1.54) is 0 Å². The van der Waals surface area contributed by atoms with Gasteiger partial charge in [0.25, 0.3) is 0 Å². The lowest BCUT2D eigenvalue weighted by Crippen LogP contribution is -2.30. The summed E-state index contributed by atoms with van der Waals surface area (Å²) >= 11 is 0. The Balaban J connectivity index is 2.52. The Kier molecular flexibility index (Phi) is 3.88. The molecule has 13 heavy (non-hydrogen) atoms. The Morgan fingerprint density at radius 1 is 1.46 bits per heavy atom. The summed E-state index contributed by atoms with van der Waals surface area (Å²) in [6.07, 6.45) is 0.958. The highest BCUT2D eigenvalue weighted by Gasteiger charge is 2.29. The molecule has 0 spiro atoms. The average Bonchev–Trinajstić information content (AvgIpc) is 2.19. The van der Waals surface area contributed by atoms with E-state index in [2.05, 4.69) is 18.7 Å². The molecule has 1 saturated heterocycles. The summed E-state index contributed by atoms with van der Waals surface area (Å²) in [7, 11) is -0.715. The SMILES string of the molecule is CC1(C)CCN(CCO)CCS1=O. The Morgan fingerprint density at radius 2 is 2.15 bits per heavy atom. The average molecular weight is 205 g/mol. The van der Waals surface area contributed by atoms with Crippen LogP contribution in [0.1, 0.15) is 20.3 Å². The Hall–Kier alpha value is 0.0700. The van der Waals surface area contributed by atoms with E-state index in [4.69, 9.17) is 5.11 Å². The first-order valence-electron chi connectivity index (χ1n) is 4.78. The minimum atomic E-state index is -0.715. The highest BCUT2D eigenvalue weighted by molar-refractivity contribution is 7.86. The first-order valence-corrected chi connectivity index (χ1v) is 6.10. The van der Waals surface area contributed by atoms with Crippen molar-refractivity contribution >= 4 is 10.8 Å². The second-order valence-corrected chi connectivity index (χ2v) is 6.33.